The predicted octanol–water partition coefficient (Wildman–Crippen LogP) is 3.68. The van der Waals surface area contributed by atoms with Crippen LogP contribution >= 0.6 is 27.3 Å². The van der Waals surface area contributed by atoms with Crippen molar-refractivity contribution < 1.29 is 5.11 Å². The highest BCUT2D eigenvalue weighted by atomic mass is 79.9. The van der Waals surface area contributed by atoms with Crippen molar-refractivity contribution in [1.29, 1.82) is 0 Å². The van der Waals surface area contributed by atoms with E-state index in [0.717, 1.165) is 16.6 Å². The summed E-state index contributed by atoms with van der Waals surface area (Å²) in [6, 6.07) is 11.9. The molecule has 1 aromatic heterocycles. The first-order valence-electron chi connectivity index (χ1n) is 5.79. The fourth-order valence-corrected chi connectivity index (χ4v) is 3.37. The molecule has 1 heterocycles. The molecule has 0 radical (unpaired) electrons. The van der Waals surface area contributed by atoms with Crippen LogP contribution in [0.3, 0.4) is 0 Å². The molecule has 0 amide bonds. The van der Waals surface area contributed by atoms with Gasteiger partial charge in [-0.1, -0.05) is 30.3 Å². The van der Waals surface area contributed by atoms with Crippen LogP contribution in [0, 0.1) is 0 Å². The van der Waals surface area contributed by atoms with Gasteiger partial charge in [0.25, 0.3) is 0 Å². The number of benzene rings is 1. The summed E-state index contributed by atoms with van der Waals surface area (Å²) in [6.07, 6.45) is -0.431. The molecule has 1 N–H and O–H groups in total. The number of halogens is 1. The normalized spacial score (nSPS) is 12.9. The zero-order valence-electron chi connectivity index (χ0n) is 10.2. The summed E-state index contributed by atoms with van der Waals surface area (Å²) in [4.78, 5) is 3.43. The van der Waals surface area contributed by atoms with Gasteiger partial charge in [-0.15, -0.1) is 11.3 Å². The third kappa shape index (κ3) is 3.92. The molecule has 4 heteroatoms. The zero-order chi connectivity index (χ0) is 13.0. The Bertz CT molecular complexity index is 486. The highest BCUT2D eigenvalue weighted by Crippen LogP contribution is 2.21. The van der Waals surface area contributed by atoms with Crippen molar-refractivity contribution in [3.63, 3.8) is 0 Å². The van der Waals surface area contributed by atoms with Crippen LogP contribution in [0.15, 0.2) is 46.3 Å². The Balaban J connectivity index is 1.89. The van der Waals surface area contributed by atoms with Gasteiger partial charge < -0.3 is 5.11 Å². The fraction of sp³-hybridized carbons (Fsp3) is 0.286. The van der Waals surface area contributed by atoms with Crippen molar-refractivity contribution in [3.05, 3.63) is 56.7 Å². The molecule has 0 aliphatic carbocycles. The van der Waals surface area contributed by atoms with E-state index in [2.05, 4.69) is 32.3 Å². The molecule has 0 aliphatic heterocycles. The number of hydrogen-bond donors (Lipinski definition) is 1. The Kier molecular flexibility index (Phi) is 4.95. The maximum atomic E-state index is 10.1. The number of likely N-dealkylation sites (N-methyl/N-ethyl adjacent to an activating group) is 1. The molecule has 1 atom stereocenters. The van der Waals surface area contributed by atoms with Crippen LogP contribution in [-0.2, 0) is 6.54 Å². The first kappa shape index (κ1) is 13.7. The topological polar surface area (TPSA) is 23.5 Å². The van der Waals surface area contributed by atoms with Crippen LogP contribution in [0.25, 0.3) is 0 Å². The Labute approximate surface area is 120 Å². The van der Waals surface area contributed by atoms with E-state index in [1.807, 2.05) is 37.4 Å². The van der Waals surface area contributed by atoms with Gasteiger partial charge in [0.15, 0.2) is 0 Å². The highest BCUT2D eigenvalue weighted by molar-refractivity contribution is 9.10. The highest BCUT2D eigenvalue weighted by Gasteiger charge is 2.11. The van der Waals surface area contributed by atoms with Gasteiger partial charge in [-0.2, -0.15) is 0 Å². The minimum absolute atomic E-state index is 0.431. The number of hydrogen-bond acceptors (Lipinski definition) is 3. The average molecular weight is 326 g/mol. The van der Waals surface area contributed by atoms with Crippen LogP contribution in [0.2, 0.25) is 0 Å². The summed E-state index contributed by atoms with van der Waals surface area (Å²) in [5.41, 5.74) is 0.969. The SMILES string of the molecule is CN(Cc1cc(Br)cs1)C[C@H](O)c1ccccc1. The van der Waals surface area contributed by atoms with Crippen molar-refractivity contribution in [3.8, 4) is 0 Å². The molecule has 96 valence electrons. The van der Waals surface area contributed by atoms with Gasteiger partial charge in [-0.05, 0) is 34.6 Å². The van der Waals surface area contributed by atoms with E-state index in [1.165, 1.54) is 4.88 Å². The molecule has 18 heavy (non-hydrogen) atoms. The molecule has 0 aliphatic rings. The third-order valence-electron chi connectivity index (χ3n) is 2.72. The molecular formula is C14H16BrNOS. The largest absolute Gasteiger partial charge is 0.387 e. The monoisotopic (exact) mass is 325 g/mol. The summed E-state index contributed by atoms with van der Waals surface area (Å²) in [6.45, 7) is 1.50. The minimum atomic E-state index is -0.431. The summed E-state index contributed by atoms with van der Waals surface area (Å²) >= 11 is 5.18. The second-order valence-electron chi connectivity index (χ2n) is 4.35. The third-order valence-corrected chi connectivity index (χ3v) is 4.40. The van der Waals surface area contributed by atoms with Gasteiger partial charge in [-0.3, -0.25) is 4.90 Å². The average Bonchev–Trinajstić information content (AvgIpc) is 2.75. The lowest BCUT2D eigenvalue weighted by Gasteiger charge is -2.20. The molecule has 2 nitrogen and oxygen atoms in total. The number of rotatable bonds is 5. The van der Waals surface area contributed by atoms with Crippen molar-refractivity contribution in [2.24, 2.45) is 0 Å². The van der Waals surface area contributed by atoms with Crippen molar-refractivity contribution >= 4 is 27.3 Å². The summed E-state index contributed by atoms with van der Waals surface area (Å²) in [5, 5.41) is 12.2. The fourth-order valence-electron chi connectivity index (χ4n) is 1.84. The van der Waals surface area contributed by atoms with Crippen LogP contribution < -0.4 is 0 Å². The smallest absolute Gasteiger partial charge is 0.0916 e. The molecule has 2 aromatic rings. The standard InChI is InChI=1S/C14H16BrNOS/c1-16(8-13-7-12(15)10-18-13)9-14(17)11-5-3-2-4-6-11/h2-7,10,14,17H,8-9H2,1H3/t14-/m0/s1. The van der Waals surface area contributed by atoms with E-state index in [0.29, 0.717) is 6.54 Å². The summed E-state index contributed by atoms with van der Waals surface area (Å²) < 4.78 is 1.12. The second-order valence-corrected chi connectivity index (χ2v) is 6.27. The molecule has 1 aromatic carbocycles. The molecule has 2 rings (SSSR count). The van der Waals surface area contributed by atoms with Gasteiger partial charge >= 0.3 is 0 Å². The van der Waals surface area contributed by atoms with Gasteiger partial charge in [0.1, 0.15) is 0 Å². The Hall–Kier alpha value is -0.680. The molecule has 0 saturated heterocycles. The van der Waals surface area contributed by atoms with Crippen LogP contribution in [-0.4, -0.2) is 23.6 Å². The first-order valence-corrected chi connectivity index (χ1v) is 7.47. The van der Waals surface area contributed by atoms with E-state index < -0.39 is 6.10 Å². The van der Waals surface area contributed by atoms with E-state index in [4.69, 9.17) is 0 Å². The molecule has 0 saturated carbocycles. The number of thiophene rings is 1. The molecule has 0 fully saturated rings. The maximum absolute atomic E-state index is 10.1. The molecule has 0 unspecified atom stereocenters. The number of nitrogens with zero attached hydrogens (tertiary/aromatic N) is 1. The van der Waals surface area contributed by atoms with Crippen LogP contribution in [0.4, 0.5) is 0 Å². The molecule has 0 spiro atoms. The minimum Gasteiger partial charge on any atom is -0.387 e. The van der Waals surface area contributed by atoms with Crippen LogP contribution in [0.1, 0.15) is 16.5 Å². The van der Waals surface area contributed by atoms with Crippen molar-refractivity contribution in [2.45, 2.75) is 12.6 Å². The van der Waals surface area contributed by atoms with E-state index >= 15 is 0 Å². The van der Waals surface area contributed by atoms with Gasteiger partial charge in [0, 0.05) is 27.8 Å². The molecule has 0 bridgehead atoms. The Morgan fingerprint density at radius 1 is 1.33 bits per heavy atom. The molecular weight excluding hydrogens is 310 g/mol. The van der Waals surface area contributed by atoms with Crippen molar-refractivity contribution in [2.75, 3.05) is 13.6 Å². The van der Waals surface area contributed by atoms with Gasteiger partial charge in [0.2, 0.25) is 0 Å². The van der Waals surface area contributed by atoms with Gasteiger partial charge in [-0.25, -0.2) is 0 Å². The van der Waals surface area contributed by atoms with E-state index in [1.54, 1.807) is 11.3 Å². The lowest BCUT2D eigenvalue weighted by molar-refractivity contribution is 0.124. The van der Waals surface area contributed by atoms with Crippen molar-refractivity contribution in [1.82, 2.24) is 4.90 Å². The van der Waals surface area contributed by atoms with Gasteiger partial charge in [0.05, 0.1) is 6.10 Å². The summed E-state index contributed by atoms with van der Waals surface area (Å²) in [7, 11) is 2.03. The van der Waals surface area contributed by atoms with E-state index in [9.17, 15) is 5.11 Å². The number of aliphatic hydroxyl groups is 1. The van der Waals surface area contributed by atoms with Crippen LogP contribution in [0.5, 0.6) is 0 Å². The maximum Gasteiger partial charge on any atom is 0.0916 e. The predicted molar refractivity (Wildman–Crippen MR) is 79.8 cm³/mol. The first-order chi connectivity index (χ1) is 8.65. The van der Waals surface area contributed by atoms with E-state index in [-0.39, 0.29) is 0 Å². The number of aliphatic hydroxyl groups excluding tert-OH is 1. The zero-order valence-corrected chi connectivity index (χ0v) is 12.6. The quantitative estimate of drug-likeness (QED) is 0.906. The Morgan fingerprint density at radius 2 is 2.06 bits per heavy atom. The summed E-state index contributed by atoms with van der Waals surface area (Å²) in [5.74, 6) is 0. The lowest BCUT2D eigenvalue weighted by Crippen LogP contribution is -2.23. The second kappa shape index (κ2) is 6.48. The lowest BCUT2D eigenvalue weighted by atomic mass is 10.1. The Morgan fingerprint density at radius 3 is 2.67 bits per heavy atom.